The van der Waals surface area contributed by atoms with Crippen molar-refractivity contribution in [3.8, 4) is 5.69 Å². The van der Waals surface area contributed by atoms with Gasteiger partial charge in [0, 0.05) is 37.4 Å². The summed E-state index contributed by atoms with van der Waals surface area (Å²) in [6.45, 7) is 7.25. The summed E-state index contributed by atoms with van der Waals surface area (Å²) in [4.78, 5) is 4.78. The fourth-order valence-corrected chi connectivity index (χ4v) is 4.08. The van der Waals surface area contributed by atoms with E-state index < -0.39 is 0 Å². The lowest BCUT2D eigenvalue weighted by molar-refractivity contribution is -0.0265. The quantitative estimate of drug-likeness (QED) is 0.430. The molecule has 2 heterocycles. The minimum atomic E-state index is 0.129. The average Bonchev–Trinajstić information content (AvgIpc) is 3.31. The Bertz CT molecular complexity index is 997. The fourth-order valence-electron chi connectivity index (χ4n) is 4.08. The van der Waals surface area contributed by atoms with Crippen molar-refractivity contribution in [2.24, 2.45) is 10.9 Å². The second-order valence-electron chi connectivity index (χ2n) is 8.31. The molecule has 32 heavy (non-hydrogen) atoms. The molecule has 168 valence electrons. The summed E-state index contributed by atoms with van der Waals surface area (Å²) in [5.41, 5.74) is 4.66. The summed E-state index contributed by atoms with van der Waals surface area (Å²) < 4.78 is 8.06. The van der Waals surface area contributed by atoms with Gasteiger partial charge in [0.05, 0.1) is 24.5 Å². The highest BCUT2D eigenvalue weighted by atomic mass is 16.5. The molecule has 0 radical (unpaired) electrons. The van der Waals surface area contributed by atoms with Gasteiger partial charge in [-0.1, -0.05) is 48.0 Å². The molecular weight excluding hydrogens is 398 g/mol. The summed E-state index contributed by atoms with van der Waals surface area (Å²) in [5, 5.41) is 11.4. The molecule has 2 atom stereocenters. The molecule has 1 saturated heterocycles. The highest BCUT2D eigenvalue weighted by Crippen LogP contribution is 2.33. The van der Waals surface area contributed by atoms with Crippen molar-refractivity contribution in [2.75, 3.05) is 19.7 Å². The summed E-state index contributed by atoms with van der Waals surface area (Å²) in [6, 6.07) is 18.8. The second-order valence-corrected chi connectivity index (χ2v) is 8.31. The first-order valence-electron chi connectivity index (χ1n) is 11.5. The molecule has 2 N–H and O–H groups in total. The van der Waals surface area contributed by atoms with E-state index in [4.69, 9.17) is 9.73 Å². The van der Waals surface area contributed by atoms with Crippen molar-refractivity contribution in [3.05, 3.63) is 83.7 Å². The first kappa shape index (κ1) is 22.1. The van der Waals surface area contributed by atoms with Crippen LogP contribution >= 0.6 is 0 Å². The molecule has 0 spiro atoms. The molecule has 1 aliphatic heterocycles. The van der Waals surface area contributed by atoms with Crippen LogP contribution in [0.25, 0.3) is 5.69 Å². The maximum absolute atomic E-state index is 6.17. The number of nitrogens with zero attached hydrogens (tertiary/aromatic N) is 3. The largest absolute Gasteiger partial charge is 0.373 e. The lowest BCUT2D eigenvalue weighted by Crippen LogP contribution is -2.42. The van der Waals surface area contributed by atoms with Crippen LogP contribution in [0.15, 0.2) is 72.0 Å². The Morgan fingerprint density at radius 1 is 1.12 bits per heavy atom. The van der Waals surface area contributed by atoms with Gasteiger partial charge < -0.3 is 15.4 Å². The predicted octanol–water partition coefficient (Wildman–Crippen LogP) is 4.40. The van der Waals surface area contributed by atoms with Gasteiger partial charge in [0.25, 0.3) is 0 Å². The number of hydrogen-bond acceptors (Lipinski definition) is 3. The lowest BCUT2D eigenvalue weighted by atomic mass is 9.89. The molecule has 1 fully saturated rings. The Balaban J connectivity index is 1.38. The molecule has 3 aromatic rings. The number of rotatable bonds is 7. The van der Waals surface area contributed by atoms with E-state index in [-0.39, 0.29) is 6.10 Å². The van der Waals surface area contributed by atoms with E-state index in [1.165, 1.54) is 11.1 Å². The molecule has 1 aromatic heterocycles. The van der Waals surface area contributed by atoms with Crippen LogP contribution < -0.4 is 10.6 Å². The van der Waals surface area contributed by atoms with E-state index >= 15 is 0 Å². The zero-order chi connectivity index (χ0) is 22.2. The highest BCUT2D eigenvalue weighted by Gasteiger charge is 2.27. The van der Waals surface area contributed by atoms with E-state index in [0.717, 1.165) is 49.7 Å². The summed E-state index contributed by atoms with van der Waals surface area (Å²) in [5.74, 6) is 1.24. The molecule has 4 rings (SSSR count). The van der Waals surface area contributed by atoms with Crippen LogP contribution in [0, 0.1) is 12.8 Å². The topological polar surface area (TPSA) is 63.5 Å². The summed E-state index contributed by atoms with van der Waals surface area (Å²) >= 11 is 0. The zero-order valence-electron chi connectivity index (χ0n) is 19.0. The Morgan fingerprint density at radius 2 is 1.94 bits per heavy atom. The maximum Gasteiger partial charge on any atom is 0.191 e. The number of para-hydroxylation sites is 1. The van der Waals surface area contributed by atoms with Crippen LogP contribution in [-0.4, -0.2) is 35.4 Å². The lowest BCUT2D eigenvalue weighted by Gasteiger charge is -2.32. The van der Waals surface area contributed by atoms with E-state index in [1.807, 2.05) is 47.4 Å². The maximum atomic E-state index is 6.17. The van der Waals surface area contributed by atoms with E-state index in [9.17, 15) is 0 Å². The second kappa shape index (κ2) is 11.0. The average molecular weight is 432 g/mol. The van der Waals surface area contributed by atoms with E-state index in [2.05, 4.69) is 53.8 Å². The predicted molar refractivity (Wildman–Crippen MR) is 129 cm³/mol. The standard InChI is InChI=1S/C26H33N5O/c1-3-27-26(28-16-21-17-30-31(19-21)24-9-5-4-6-10-24)29-18-23-8-7-15-32-25(23)22-13-11-20(2)12-14-22/h4-6,9-14,17,19,23,25H,3,7-8,15-16,18H2,1-2H3,(H2,27,28,29). The van der Waals surface area contributed by atoms with Gasteiger partial charge in [0.1, 0.15) is 0 Å². The van der Waals surface area contributed by atoms with Gasteiger partial charge in [-0.2, -0.15) is 5.10 Å². The molecule has 0 aliphatic carbocycles. The number of benzene rings is 2. The molecule has 0 bridgehead atoms. The summed E-state index contributed by atoms with van der Waals surface area (Å²) in [6.07, 6.45) is 6.28. The number of nitrogens with one attached hydrogen (secondary N) is 2. The number of guanidine groups is 1. The van der Waals surface area contributed by atoms with Gasteiger partial charge in [-0.3, -0.25) is 0 Å². The smallest absolute Gasteiger partial charge is 0.191 e. The SMILES string of the molecule is CCNC(=NCc1cnn(-c2ccccc2)c1)NCC1CCCOC1c1ccc(C)cc1. The van der Waals surface area contributed by atoms with Gasteiger partial charge >= 0.3 is 0 Å². The van der Waals surface area contributed by atoms with Gasteiger partial charge in [0.15, 0.2) is 5.96 Å². The third-order valence-corrected chi connectivity index (χ3v) is 5.80. The number of aromatic nitrogens is 2. The van der Waals surface area contributed by atoms with Crippen molar-refractivity contribution in [2.45, 2.75) is 39.3 Å². The number of hydrogen-bond donors (Lipinski definition) is 2. The highest BCUT2D eigenvalue weighted by molar-refractivity contribution is 5.79. The van der Waals surface area contributed by atoms with Crippen LogP contribution in [0.4, 0.5) is 0 Å². The third kappa shape index (κ3) is 5.77. The summed E-state index contributed by atoms with van der Waals surface area (Å²) in [7, 11) is 0. The van der Waals surface area contributed by atoms with Crippen LogP contribution in [0.2, 0.25) is 0 Å². The van der Waals surface area contributed by atoms with Crippen LogP contribution in [0.5, 0.6) is 0 Å². The van der Waals surface area contributed by atoms with Crippen molar-refractivity contribution in [3.63, 3.8) is 0 Å². The molecule has 6 nitrogen and oxygen atoms in total. The number of aliphatic imine (C=N–C) groups is 1. The zero-order valence-corrected chi connectivity index (χ0v) is 19.0. The van der Waals surface area contributed by atoms with Crippen LogP contribution in [0.3, 0.4) is 0 Å². The number of aryl methyl sites for hydroxylation is 1. The Hall–Kier alpha value is -3.12. The van der Waals surface area contributed by atoms with Gasteiger partial charge in [-0.25, -0.2) is 9.67 Å². The van der Waals surface area contributed by atoms with Gasteiger partial charge in [-0.15, -0.1) is 0 Å². The van der Waals surface area contributed by atoms with E-state index in [0.29, 0.717) is 12.5 Å². The van der Waals surface area contributed by atoms with Crippen molar-refractivity contribution in [1.82, 2.24) is 20.4 Å². The Kier molecular flexibility index (Phi) is 7.56. The molecule has 0 saturated carbocycles. The third-order valence-electron chi connectivity index (χ3n) is 5.80. The van der Waals surface area contributed by atoms with E-state index in [1.54, 1.807) is 0 Å². The normalized spacial score (nSPS) is 19.0. The first-order chi connectivity index (χ1) is 15.7. The Morgan fingerprint density at radius 3 is 2.72 bits per heavy atom. The molecule has 2 unspecified atom stereocenters. The van der Waals surface area contributed by atoms with Crippen molar-refractivity contribution >= 4 is 5.96 Å². The molecular formula is C26H33N5O. The van der Waals surface area contributed by atoms with Crippen LogP contribution in [-0.2, 0) is 11.3 Å². The first-order valence-corrected chi connectivity index (χ1v) is 11.5. The van der Waals surface area contributed by atoms with Crippen molar-refractivity contribution < 1.29 is 4.74 Å². The van der Waals surface area contributed by atoms with Crippen LogP contribution in [0.1, 0.15) is 42.6 Å². The molecule has 0 amide bonds. The van der Waals surface area contributed by atoms with Gasteiger partial charge in [-0.05, 0) is 44.4 Å². The molecule has 2 aromatic carbocycles. The molecule has 1 aliphatic rings. The van der Waals surface area contributed by atoms with Gasteiger partial charge in [0.2, 0.25) is 0 Å². The molecule has 6 heteroatoms. The fraction of sp³-hybridized carbons (Fsp3) is 0.385. The monoisotopic (exact) mass is 431 g/mol. The minimum Gasteiger partial charge on any atom is -0.373 e. The Labute approximate surface area is 190 Å². The number of ether oxygens (including phenoxy) is 1. The minimum absolute atomic E-state index is 0.129. The van der Waals surface area contributed by atoms with Crippen molar-refractivity contribution in [1.29, 1.82) is 0 Å².